The zero-order valence-electron chi connectivity index (χ0n) is 15.2. The van der Waals surface area contributed by atoms with Crippen LogP contribution in [0, 0.1) is 12.7 Å². The van der Waals surface area contributed by atoms with E-state index >= 15 is 0 Å². The third-order valence-corrected chi connectivity index (χ3v) is 4.93. The number of benzene rings is 2. The molecule has 0 saturated heterocycles. The molecule has 0 unspecified atom stereocenters. The number of fused-ring (bicyclic) bond motifs is 1. The summed E-state index contributed by atoms with van der Waals surface area (Å²) in [5, 5.41) is 0.878. The van der Waals surface area contributed by atoms with Crippen LogP contribution >= 0.6 is 0 Å². The van der Waals surface area contributed by atoms with Crippen molar-refractivity contribution in [1.29, 1.82) is 0 Å². The van der Waals surface area contributed by atoms with Crippen LogP contribution in [0.2, 0.25) is 0 Å². The molecule has 1 N–H and O–H groups in total. The summed E-state index contributed by atoms with van der Waals surface area (Å²) in [6, 6.07) is 12.4. The van der Waals surface area contributed by atoms with E-state index in [0.29, 0.717) is 18.8 Å². The monoisotopic (exact) mass is 364 g/mol. The number of nitrogens with zero attached hydrogens (tertiary/aromatic N) is 1. The van der Waals surface area contributed by atoms with Gasteiger partial charge in [-0.2, -0.15) is 0 Å². The van der Waals surface area contributed by atoms with Gasteiger partial charge in [-0.15, -0.1) is 0 Å². The molecule has 0 fully saturated rings. The number of aromatic nitrogens is 1. The molecule has 2 aromatic carbocycles. The molecule has 0 saturated carbocycles. The minimum absolute atomic E-state index is 0.0316. The Hall–Kier alpha value is -3.08. The number of hydrogen-bond donors (Lipinski definition) is 1. The first-order valence-corrected chi connectivity index (χ1v) is 9.03. The molecule has 0 atom stereocenters. The van der Waals surface area contributed by atoms with Gasteiger partial charge in [-0.05, 0) is 49.2 Å². The smallest absolute Gasteiger partial charge is 0.260 e. The average Bonchev–Trinajstić information content (AvgIpc) is 3.10. The van der Waals surface area contributed by atoms with E-state index < -0.39 is 0 Å². The Bertz CT molecular complexity index is 1000. The molecule has 138 valence electrons. The lowest BCUT2D eigenvalue weighted by atomic mass is 9.99. The normalized spacial score (nSPS) is 14.3. The molecule has 27 heavy (non-hydrogen) atoms. The van der Waals surface area contributed by atoms with E-state index in [0.717, 1.165) is 34.0 Å². The third-order valence-electron chi connectivity index (χ3n) is 4.93. The molecule has 1 aromatic heterocycles. The number of aryl methyl sites for hydroxylation is 1. The van der Waals surface area contributed by atoms with Crippen molar-refractivity contribution in [3.05, 3.63) is 71.7 Å². The maximum absolute atomic E-state index is 13.6. The van der Waals surface area contributed by atoms with Crippen LogP contribution in [-0.4, -0.2) is 35.5 Å². The lowest BCUT2D eigenvalue weighted by Crippen LogP contribution is -2.37. The Morgan fingerprint density at radius 3 is 2.78 bits per heavy atom. The summed E-state index contributed by atoms with van der Waals surface area (Å²) in [6.45, 7) is 3.20. The van der Waals surface area contributed by atoms with Crippen molar-refractivity contribution < 1.29 is 13.9 Å². The van der Waals surface area contributed by atoms with Crippen molar-refractivity contribution in [2.75, 3.05) is 19.7 Å². The number of nitrogens with one attached hydrogen (secondary N) is 1. The van der Waals surface area contributed by atoms with Gasteiger partial charge in [0.05, 0.1) is 0 Å². The molecule has 1 aliphatic rings. The Kier molecular flexibility index (Phi) is 4.67. The van der Waals surface area contributed by atoms with Crippen molar-refractivity contribution in [2.24, 2.45) is 0 Å². The number of halogens is 1. The number of ether oxygens (including phenoxy) is 1. The van der Waals surface area contributed by atoms with Crippen molar-refractivity contribution in [1.82, 2.24) is 9.88 Å². The molecule has 0 radical (unpaired) electrons. The van der Waals surface area contributed by atoms with Crippen LogP contribution in [-0.2, 0) is 4.79 Å². The van der Waals surface area contributed by atoms with Crippen LogP contribution in [0.25, 0.3) is 16.5 Å². The first-order chi connectivity index (χ1) is 13.1. The van der Waals surface area contributed by atoms with E-state index in [4.69, 9.17) is 4.74 Å². The summed E-state index contributed by atoms with van der Waals surface area (Å²) in [5.41, 5.74) is 4.21. The second-order valence-electron chi connectivity index (χ2n) is 6.81. The third kappa shape index (κ3) is 3.72. The van der Waals surface area contributed by atoms with E-state index in [2.05, 4.69) is 4.98 Å². The van der Waals surface area contributed by atoms with Gasteiger partial charge in [0.2, 0.25) is 0 Å². The van der Waals surface area contributed by atoms with Crippen LogP contribution in [0.5, 0.6) is 5.75 Å². The van der Waals surface area contributed by atoms with Crippen LogP contribution < -0.4 is 4.74 Å². The fraction of sp³-hybridized carbons (Fsp3) is 0.227. The number of rotatable bonds is 4. The number of carbonyl (C=O) groups is 1. The molecule has 2 heterocycles. The molecule has 0 aliphatic carbocycles. The number of H-pyrrole nitrogens is 1. The van der Waals surface area contributed by atoms with Crippen molar-refractivity contribution >= 4 is 22.4 Å². The highest BCUT2D eigenvalue weighted by Crippen LogP contribution is 2.29. The van der Waals surface area contributed by atoms with Gasteiger partial charge in [-0.25, -0.2) is 4.39 Å². The van der Waals surface area contributed by atoms with Gasteiger partial charge in [-0.1, -0.05) is 23.8 Å². The van der Waals surface area contributed by atoms with Crippen molar-refractivity contribution in [3.8, 4) is 5.75 Å². The standard InChI is InChI=1S/C22H21FN2O2/c1-15-2-5-18(6-3-15)27-14-22(26)25-10-8-16(9-11-25)20-13-24-21-7-4-17(23)12-19(20)21/h2-8,12-13,24H,9-11,14H2,1H3. The molecule has 0 bridgehead atoms. The summed E-state index contributed by atoms with van der Waals surface area (Å²) >= 11 is 0. The highest BCUT2D eigenvalue weighted by atomic mass is 19.1. The van der Waals surface area contributed by atoms with Crippen LogP contribution in [0.4, 0.5) is 4.39 Å². The number of carbonyl (C=O) groups excluding carboxylic acids is 1. The zero-order valence-corrected chi connectivity index (χ0v) is 15.2. The molecule has 4 rings (SSSR count). The lowest BCUT2D eigenvalue weighted by molar-refractivity contribution is -0.132. The Morgan fingerprint density at radius 1 is 1.22 bits per heavy atom. The minimum atomic E-state index is -0.246. The fourth-order valence-electron chi connectivity index (χ4n) is 3.37. The first kappa shape index (κ1) is 17.3. The van der Waals surface area contributed by atoms with E-state index in [9.17, 15) is 9.18 Å². The van der Waals surface area contributed by atoms with Crippen molar-refractivity contribution in [3.63, 3.8) is 0 Å². The van der Waals surface area contributed by atoms with Gasteiger partial charge in [0.15, 0.2) is 6.61 Å². The Morgan fingerprint density at radius 2 is 2.04 bits per heavy atom. The van der Waals surface area contributed by atoms with Gasteiger partial charge in [-0.3, -0.25) is 4.79 Å². The number of amides is 1. The molecular weight excluding hydrogens is 343 g/mol. The minimum Gasteiger partial charge on any atom is -0.484 e. The maximum Gasteiger partial charge on any atom is 0.260 e. The predicted molar refractivity (Wildman–Crippen MR) is 104 cm³/mol. The zero-order chi connectivity index (χ0) is 18.8. The largest absolute Gasteiger partial charge is 0.484 e. The van der Waals surface area contributed by atoms with E-state index in [1.165, 1.54) is 6.07 Å². The summed E-state index contributed by atoms with van der Waals surface area (Å²) < 4.78 is 19.2. The van der Waals surface area contributed by atoms with Crippen LogP contribution in [0.15, 0.2) is 54.7 Å². The molecule has 0 spiro atoms. The van der Waals surface area contributed by atoms with E-state index in [1.54, 1.807) is 17.0 Å². The fourth-order valence-corrected chi connectivity index (χ4v) is 3.37. The molecule has 3 aromatic rings. The van der Waals surface area contributed by atoms with Gasteiger partial charge < -0.3 is 14.6 Å². The van der Waals surface area contributed by atoms with Crippen molar-refractivity contribution in [2.45, 2.75) is 13.3 Å². The summed E-state index contributed by atoms with van der Waals surface area (Å²) in [6.07, 6.45) is 4.69. The Balaban J connectivity index is 1.41. The molecule has 4 nitrogen and oxygen atoms in total. The van der Waals surface area contributed by atoms with Crippen LogP contribution in [0.3, 0.4) is 0 Å². The first-order valence-electron chi connectivity index (χ1n) is 9.03. The van der Waals surface area contributed by atoms with Gasteiger partial charge in [0, 0.05) is 35.8 Å². The summed E-state index contributed by atoms with van der Waals surface area (Å²) in [4.78, 5) is 17.4. The van der Waals surface area contributed by atoms with Crippen LogP contribution in [0.1, 0.15) is 17.5 Å². The quantitative estimate of drug-likeness (QED) is 0.750. The van der Waals surface area contributed by atoms with Gasteiger partial charge in [0.1, 0.15) is 11.6 Å². The van der Waals surface area contributed by atoms with Gasteiger partial charge in [0.25, 0.3) is 5.91 Å². The number of aromatic amines is 1. The second-order valence-corrected chi connectivity index (χ2v) is 6.81. The van der Waals surface area contributed by atoms with Gasteiger partial charge >= 0.3 is 0 Å². The van der Waals surface area contributed by atoms with E-state index in [1.807, 2.05) is 43.5 Å². The second kappa shape index (κ2) is 7.27. The van der Waals surface area contributed by atoms with E-state index in [-0.39, 0.29) is 18.3 Å². The molecular formula is C22H21FN2O2. The predicted octanol–water partition coefficient (Wildman–Crippen LogP) is 4.31. The summed E-state index contributed by atoms with van der Waals surface area (Å²) in [7, 11) is 0. The highest BCUT2D eigenvalue weighted by molar-refractivity contribution is 5.93. The topological polar surface area (TPSA) is 45.3 Å². The Labute approximate surface area is 157 Å². The molecule has 1 aliphatic heterocycles. The number of hydrogen-bond acceptors (Lipinski definition) is 2. The molecule has 1 amide bonds. The summed E-state index contributed by atoms with van der Waals surface area (Å²) in [5.74, 6) is 0.420. The highest BCUT2D eigenvalue weighted by Gasteiger charge is 2.20. The average molecular weight is 364 g/mol. The molecule has 5 heteroatoms. The maximum atomic E-state index is 13.6. The lowest BCUT2D eigenvalue weighted by Gasteiger charge is -2.26. The SMILES string of the molecule is Cc1ccc(OCC(=O)N2CC=C(c3c[nH]c4ccc(F)cc34)CC2)cc1.